The minimum absolute atomic E-state index is 0.0117. The van der Waals surface area contributed by atoms with E-state index in [1.54, 1.807) is 41.8 Å². The number of furan rings is 1. The molecule has 0 atom stereocenters. The quantitative estimate of drug-likeness (QED) is 0.435. The van der Waals surface area contributed by atoms with E-state index >= 15 is 0 Å². The Bertz CT molecular complexity index is 900. The van der Waals surface area contributed by atoms with Crippen LogP contribution in [0.5, 0.6) is 0 Å². The lowest BCUT2D eigenvalue weighted by Crippen LogP contribution is -2.15. The van der Waals surface area contributed by atoms with E-state index in [0.717, 1.165) is 0 Å². The average molecular weight is 341 g/mol. The van der Waals surface area contributed by atoms with Crippen molar-refractivity contribution in [3.63, 3.8) is 0 Å². The van der Waals surface area contributed by atoms with Crippen molar-refractivity contribution in [2.45, 2.75) is 0 Å². The molecule has 0 bridgehead atoms. The van der Waals surface area contributed by atoms with Gasteiger partial charge in [0.1, 0.15) is 11.5 Å². The van der Waals surface area contributed by atoms with Crippen LogP contribution in [0.15, 0.2) is 63.4 Å². The maximum atomic E-state index is 11.7. The number of benzene rings is 1. The number of amides is 1. The SMILES string of the molecule is O=C(NN=Cc1ccc(-c2cccc([N+](=O)[O-])c2)o1)c1cccs1. The highest BCUT2D eigenvalue weighted by molar-refractivity contribution is 7.12. The molecule has 8 heteroatoms. The molecule has 0 aliphatic heterocycles. The number of nitro groups is 1. The van der Waals surface area contributed by atoms with Crippen LogP contribution in [0.3, 0.4) is 0 Å². The maximum Gasteiger partial charge on any atom is 0.281 e. The molecule has 2 aromatic heterocycles. The number of hydrogen-bond acceptors (Lipinski definition) is 6. The van der Waals surface area contributed by atoms with Gasteiger partial charge in [0.2, 0.25) is 0 Å². The lowest BCUT2D eigenvalue weighted by molar-refractivity contribution is -0.384. The van der Waals surface area contributed by atoms with Gasteiger partial charge in [-0.25, -0.2) is 5.43 Å². The van der Waals surface area contributed by atoms with Gasteiger partial charge in [-0.2, -0.15) is 5.10 Å². The molecular formula is C16H11N3O4S. The largest absolute Gasteiger partial charge is 0.455 e. The van der Waals surface area contributed by atoms with Crippen LogP contribution in [0.1, 0.15) is 15.4 Å². The first-order chi connectivity index (χ1) is 11.6. The van der Waals surface area contributed by atoms with E-state index in [1.807, 2.05) is 0 Å². The Kier molecular flexibility index (Phi) is 4.48. The number of non-ortho nitro benzene ring substituents is 1. The summed E-state index contributed by atoms with van der Waals surface area (Å²) in [5.74, 6) is 0.597. The van der Waals surface area contributed by atoms with Gasteiger partial charge in [0.05, 0.1) is 16.0 Å². The molecule has 0 spiro atoms. The van der Waals surface area contributed by atoms with E-state index in [9.17, 15) is 14.9 Å². The molecule has 0 unspecified atom stereocenters. The highest BCUT2D eigenvalue weighted by Crippen LogP contribution is 2.25. The van der Waals surface area contributed by atoms with Crippen LogP contribution in [0.2, 0.25) is 0 Å². The molecule has 1 amide bonds. The Hall–Kier alpha value is -3.26. The molecular weight excluding hydrogens is 330 g/mol. The topological polar surface area (TPSA) is 97.7 Å². The van der Waals surface area contributed by atoms with Crippen LogP contribution in [-0.4, -0.2) is 17.0 Å². The summed E-state index contributed by atoms with van der Waals surface area (Å²) in [6.45, 7) is 0. The third kappa shape index (κ3) is 3.55. The summed E-state index contributed by atoms with van der Waals surface area (Å²) in [4.78, 5) is 22.6. The van der Waals surface area contributed by atoms with Gasteiger partial charge in [-0.05, 0) is 23.6 Å². The van der Waals surface area contributed by atoms with Crippen molar-refractivity contribution >= 4 is 29.1 Å². The van der Waals surface area contributed by atoms with Gasteiger partial charge < -0.3 is 4.42 Å². The standard InChI is InChI=1S/C16H11N3O4S/c20-16(15-5-2-8-24-15)18-17-10-13-6-7-14(23-13)11-3-1-4-12(9-11)19(21)22/h1-10H,(H,18,20). The van der Waals surface area contributed by atoms with E-state index in [-0.39, 0.29) is 11.6 Å². The van der Waals surface area contributed by atoms with Gasteiger partial charge >= 0.3 is 0 Å². The number of hydrogen-bond donors (Lipinski definition) is 1. The van der Waals surface area contributed by atoms with E-state index in [4.69, 9.17) is 4.42 Å². The predicted octanol–water partition coefficient (Wildman–Crippen LogP) is 3.68. The van der Waals surface area contributed by atoms with Crippen molar-refractivity contribution in [3.8, 4) is 11.3 Å². The summed E-state index contributed by atoms with van der Waals surface area (Å²) in [6, 6.07) is 13.0. The minimum atomic E-state index is -0.463. The van der Waals surface area contributed by atoms with Crippen molar-refractivity contribution < 1.29 is 14.1 Å². The number of thiophene rings is 1. The molecule has 0 aliphatic carbocycles. The highest BCUT2D eigenvalue weighted by atomic mass is 32.1. The second-order valence-corrected chi connectivity index (χ2v) is 5.63. The van der Waals surface area contributed by atoms with Gasteiger partial charge in [-0.3, -0.25) is 14.9 Å². The van der Waals surface area contributed by atoms with Crippen LogP contribution in [0.4, 0.5) is 5.69 Å². The Morgan fingerprint density at radius 1 is 1.25 bits per heavy atom. The number of nitrogens with zero attached hydrogens (tertiary/aromatic N) is 2. The molecule has 2 heterocycles. The van der Waals surface area contributed by atoms with Crippen molar-refractivity contribution in [2.75, 3.05) is 0 Å². The zero-order valence-corrected chi connectivity index (χ0v) is 13.0. The third-order valence-corrected chi connectivity index (χ3v) is 3.94. The molecule has 3 aromatic rings. The first kappa shape index (κ1) is 15.6. The summed E-state index contributed by atoms with van der Waals surface area (Å²) in [7, 11) is 0. The fourth-order valence-corrected chi connectivity index (χ4v) is 2.58. The molecule has 24 heavy (non-hydrogen) atoms. The van der Waals surface area contributed by atoms with E-state index in [2.05, 4.69) is 10.5 Å². The zero-order valence-electron chi connectivity index (χ0n) is 12.2. The minimum Gasteiger partial charge on any atom is -0.455 e. The molecule has 120 valence electrons. The zero-order chi connectivity index (χ0) is 16.9. The smallest absolute Gasteiger partial charge is 0.281 e. The van der Waals surface area contributed by atoms with E-state index in [0.29, 0.717) is 22.0 Å². The Morgan fingerprint density at radius 3 is 2.88 bits per heavy atom. The van der Waals surface area contributed by atoms with Crippen LogP contribution in [0.25, 0.3) is 11.3 Å². The monoisotopic (exact) mass is 341 g/mol. The van der Waals surface area contributed by atoms with Gasteiger partial charge in [-0.1, -0.05) is 18.2 Å². The van der Waals surface area contributed by atoms with Crippen LogP contribution < -0.4 is 5.43 Å². The van der Waals surface area contributed by atoms with Crippen LogP contribution in [0, 0.1) is 10.1 Å². The lowest BCUT2D eigenvalue weighted by atomic mass is 10.1. The number of hydrazone groups is 1. The summed E-state index contributed by atoms with van der Waals surface area (Å²) < 4.78 is 5.56. The molecule has 3 rings (SSSR count). The van der Waals surface area contributed by atoms with Gasteiger partial charge in [0.25, 0.3) is 11.6 Å². The second-order valence-electron chi connectivity index (χ2n) is 4.69. The van der Waals surface area contributed by atoms with Crippen LogP contribution >= 0.6 is 11.3 Å². The average Bonchev–Trinajstić information content (AvgIpc) is 3.27. The maximum absolute atomic E-state index is 11.7. The molecule has 0 saturated heterocycles. The number of rotatable bonds is 5. The van der Waals surface area contributed by atoms with Gasteiger partial charge in [-0.15, -0.1) is 11.3 Å². The first-order valence-corrected chi connectivity index (χ1v) is 7.73. The van der Waals surface area contributed by atoms with Crippen LogP contribution in [-0.2, 0) is 0 Å². The Balaban J connectivity index is 1.69. The molecule has 0 saturated carbocycles. The lowest BCUT2D eigenvalue weighted by Gasteiger charge is -1.97. The predicted molar refractivity (Wildman–Crippen MR) is 90.2 cm³/mol. The van der Waals surface area contributed by atoms with Crippen molar-refractivity contribution in [1.82, 2.24) is 5.43 Å². The number of carbonyl (C=O) groups excluding carboxylic acids is 1. The number of nitrogens with one attached hydrogen (secondary N) is 1. The van der Waals surface area contributed by atoms with Crippen molar-refractivity contribution in [1.29, 1.82) is 0 Å². The summed E-state index contributed by atoms with van der Waals surface area (Å²) in [5, 5.41) is 16.4. The fourth-order valence-electron chi connectivity index (χ4n) is 1.97. The molecule has 1 N–H and O–H groups in total. The van der Waals surface area contributed by atoms with Gasteiger partial charge in [0.15, 0.2) is 0 Å². The van der Waals surface area contributed by atoms with E-state index < -0.39 is 4.92 Å². The van der Waals surface area contributed by atoms with Crippen molar-refractivity contribution in [3.05, 3.63) is 74.7 Å². The number of nitro benzene ring substituents is 1. The Morgan fingerprint density at radius 2 is 2.12 bits per heavy atom. The Labute approximate surface area is 140 Å². The fraction of sp³-hybridized carbons (Fsp3) is 0. The van der Waals surface area contributed by atoms with Crippen molar-refractivity contribution in [2.24, 2.45) is 5.10 Å². The normalized spacial score (nSPS) is 10.8. The van der Waals surface area contributed by atoms with E-state index in [1.165, 1.54) is 29.7 Å². The summed E-state index contributed by atoms with van der Waals surface area (Å²) in [6.07, 6.45) is 1.37. The molecule has 7 nitrogen and oxygen atoms in total. The summed E-state index contributed by atoms with van der Waals surface area (Å²) >= 11 is 1.32. The molecule has 1 aromatic carbocycles. The second kappa shape index (κ2) is 6.88. The first-order valence-electron chi connectivity index (χ1n) is 6.85. The van der Waals surface area contributed by atoms with Gasteiger partial charge in [0, 0.05) is 17.7 Å². The number of carbonyl (C=O) groups is 1. The molecule has 0 aliphatic rings. The molecule has 0 radical (unpaired) electrons. The summed E-state index contributed by atoms with van der Waals surface area (Å²) in [5.41, 5.74) is 2.98. The highest BCUT2D eigenvalue weighted by Gasteiger charge is 2.10. The molecule has 0 fully saturated rings. The third-order valence-electron chi connectivity index (χ3n) is 3.07.